The number of nitrogens with one attached hydrogen (secondary N) is 2. The molecule has 0 bridgehead atoms. The van der Waals surface area contributed by atoms with Crippen LogP contribution in [0, 0.1) is 0 Å². The van der Waals surface area contributed by atoms with E-state index in [2.05, 4.69) is 15.6 Å². The molecule has 9 heteroatoms. The number of fused-ring (bicyclic) bond motifs is 1. The second-order valence-electron chi connectivity index (χ2n) is 5.87. The Balaban J connectivity index is 1.86. The molecule has 27 heavy (non-hydrogen) atoms. The van der Waals surface area contributed by atoms with Crippen molar-refractivity contribution in [3.05, 3.63) is 48.5 Å². The molecule has 1 atom stereocenters. The highest BCUT2D eigenvalue weighted by Crippen LogP contribution is 2.30. The first-order valence-corrected chi connectivity index (χ1v) is 8.09. The Morgan fingerprint density at radius 3 is 2.41 bits per heavy atom. The number of nitrogens with zero attached hydrogens (tertiary/aromatic N) is 2. The second kappa shape index (κ2) is 7.40. The van der Waals surface area contributed by atoms with E-state index in [-0.39, 0.29) is 5.82 Å². The summed E-state index contributed by atoms with van der Waals surface area (Å²) in [5, 5.41) is 4.87. The molecule has 2 aromatic carbocycles. The van der Waals surface area contributed by atoms with Crippen molar-refractivity contribution < 1.29 is 18.4 Å². The molecular weight excluding hydrogens is 356 g/mol. The third kappa shape index (κ3) is 3.86. The number of aromatic nitrogens is 2. The number of para-hydroxylation sites is 2. The van der Waals surface area contributed by atoms with Crippen LogP contribution in [-0.4, -0.2) is 27.5 Å². The molecule has 3 amide bonds. The fourth-order valence-corrected chi connectivity index (χ4v) is 2.68. The summed E-state index contributed by atoms with van der Waals surface area (Å²) in [5.41, 5.74) is 6.71. The molecule has 0 fully saturated rings. The van der Waals surface area contributed by atoms with Crippen molar-refractivity contribution in [3.63, 3.8) is 0 Å². The van der Waals surface area contributed by atoms with Gasteiger partial charge in [0.2, 0.25) is 5.91 Å². The van der Waals surface area contributed by atoms with Gasteiger partial charge in [-0.25, -0.2) is 9.78 Å². The fraction of sp³-hybridized carbons (Fsp3) is 0.167. The zero-order chi connectivity index (χ0) is 19.6. The number of hydrogen-bond acceptors (Lipinski definition) is 3. The lowest BCUT2D eigenvalue weighted by atomic mass is 10.2. The average Bonchev–Trinajstić information content (AvgIpc) is 3.01. The SMILES string of the molecule is CC(NC(N)=O)C(=O)Nc1ccc(-c2nc3ccccc3n2C(F)F)cc1. The number of carbonyl (C=O) groups excluding carboxylic acids is 2. The van der Waals surface area contributed by atoms with E-state index in [1.165, 1.54) is 6.92 Å². The molecule has 0 aliphatic carbocycles. The molecule has 7 nitrogen and oxygen atoms in total. The van der Waals surface area contributed by atoms with Gasteiger partial charge in [-0.15, -0.1) is 0 Å². The van der Waals surface area contributed by atoms with Gasteiger partial charge in [-0.2, -0.15) is 8.78 Å². The van der Waals surface area contributed by atoms with E-state index in [0.717, 1.165) is 4.57 Å². The number of nitrogens with two attached hydrogens (primary N) is 1. The van der Waals surface area contributed by atoms with Gasteiger partial charge in [0.25, 0.3) is 0 Å². The van der Waals surface area contributed by atoms with E-state index in [1.54, 1.807) is 48.5 Å². The number of halogens is 2. The Kier molecular flexibility index (Phi) is 5.02. The van der Waals surface area contributed by atoms with E-state index < -0.39 is 24.5 Å². The van der Waals surface area contributed by atoms with Crippen LogP contribution in [0.15, 0.2) is 48.5 Å². The largest absolute Gasteiger partial charge is 0.352 e. The Morgan fingerprint density at radius 2 is 1.78 bits per heavy atom. The van der Waals surface area contributed by atoms with Gasteiger partial charge in [-0.05, 0) is 43.3 Å². The van der Waals surface area contributed by atoms with E-state index in [0.29, 0.717) is 22.3 Å². The minimum absolute atomic E-state index is 0.132. The number of imidazole rings is 1. The summed E-state index contributed by atoms with van der Waals surface area (Å²) in [6, 6.07) is 11.3. The highest BCUT2D eigenvalue weighted by atomic mass is 19.3. The van der Waals surface area contributed by atoms with Crippen molar-refractivity contribution in [2.75, 3.05) is 5.32 Å². The topological polar surface area (TPSA) is 102 Å². The molecule has 1 heterocycles. The molecule has 140 valence electrons. The highest BCUT2D eigenvalue weighted by Gasteiger charge is 2.19. The van der Waals surface area contributed by atoms with Gasteiger partial charge in [-0.1, -0.05) is 12.1 Å². The molecule has 0 spiro atoms. The lowest BCUT2D eigenvalue weighted by molar-refractivity contribution is -0.117. The summed E-state index contributed by atoms with van der Waals surface area (Å²) >= 11 is 0. The molecule has 1 aromatic heterocycles. The number of primary amides is 1. The summed E-state index contributed by atoms with van der Waals surface area (Å²) < 4.78 is 27.9. The maximum absolute atomic E-state index is 13.5. The van der Waals surface area contributed by atoms with Gasteiger partial charge in [0.1, 0.15) is 11.9 Å². The van der Waals surface area contributed by atoms with Crippen LogP contribution in [0.3, 0.4) is 0 Å². The van der Waals surface area contributed by atoms with Crippen LogP contribution in [0.2, 0.25) is 0 Å². The molecule has 3 aromatic rings. The van der Waals surface area contributed by atoms with Crippen molar-refractivity contribution in [2.24, 2.45) is 5.73 Å². The number of rotatable bonds is 5. The molecule has 0 radical (unpaired) electrons. The van der Waals surface area contributed by atoms with Gasteiger partial charge >= 0.3 is 12.6 Å². The Labute approximate surface area is 153 Å². The van der Waals surface area contributed by atoms with Crippen LogP contribution in [-0.2, 0) is 4.79 Å². The quantitative estimate of drug-likeness (QED) is 0.640. The molecule has 0 aliphatic heterocycles. The van der Waals surface area contributed by atoms with Gasteiger partial charge < -0.3 is 16.4 Å². The molecule has 3 rings (SSSR count). The van der Waals surface area contributed by atoms with Crippen LogP contribution in [0.25, 0.3) is 22.4 Å². The third-order valence-electron chi connectivity index (χ3n) is 3.95. The van der Waals surface area contributed by atoms with Gasteiger partial charge in [-0.3, -0.25) is 9.36 Å². The summed E-state index contributed by atoms with van der Waals surface area (Å²) in [6.45, 7) is -1.26. The van der Waals surface area contributed by atoms with Crippen molar-refractivity contribution in [1.82, 2.24) is 14.9 Å². The first kappa shape index (κ1) is 18.3. The number of benzene rings is 2. The summed E-state index contributed by atoms with van der Waals surface area (Å²) in [4.78, 5) is 27.0. The van der Waals surface area contributed by atoms with Gasteiger partial charge in [0.15, 0.2) is 0 Å². The highest BCUT2D eigenvalue weighted by molar-refractivity contribution is 5.96. The average molecular weight is 373 g/mol. The Hall–Kier alpha value is -3.49. The Bertz CT molecular complexity index is 985. The first-order chi connectivity index (χ1) is 12.9. The van der Waals surface area contributed by atoms with Crippen LogP contribution in [0.1, 0.15) is 13.5 Å². The van der Waals surface area contributed by atoms with Crippen LogP contribution < -0.4 is 16.4 Å². The van der Waals surface area contributed by atoms with E-state index in [4.69, 9.17) is 5.73 Å². The molecule has 0 aliphatic rings. The predicted molar refractivity (Wildman–Crippen MR) is 97.2 cm³/mol. The number of carbonyl (C=O) groups is 2. The molecular formula is C18H17F2N5O2. The Morgan fingerprint density at radius 1 is 1.11 bits per heavy atom. The predicted octanol–water partition coefficient (Wildman–Crippen LogP) is 3.09. The molecule has 4 N–H and O–H groups in total. The van der Waals surface area contributed by atoms with Crippen molar-refractivity contribution in [1.29, 1.82) is 0 Å². The maximum atomic E-state index is 13.5. The first-order valence-electron chi connectivity index (χ1n) is 8.09. The lowest BCUT2D eigenvalue weighted by Gasteiger charge is -2.13. The number of alkyl halides is 2. The molecule has 0 saturated heterocycles. The van der Waals surface area contributed by atoms with Crippen molar-refractivity contribution in [3.8, 4) is 11.4 Å². The molecule has 0 saturated carbocycles. The number of urea groups is 1. The van der Waals surface area contributed by atoms with Crippen molar-refractivity contribution in [2.45, 2.75) is 19.5 Å². The van der Waals surface area contributed by atoms with E-state index >= 15 is 0 Å². The summed E-state index contributed by atoms with van der Waals surface area (Å²) in [5.74, 6) is -0.325. The smallest absolute Gasteiger partial charge is 0.320 e. The fourth-order valence-electron chi connectivity index (χ4n) is 2.68. The standard InChI is InChI=1S/C18H17F2N5O2/c1-10(22-18(21)27)16(26)23-12-8-6-11(7-9-12)15-24-13-4-2-3-5-14(13)25(15)17(19)20/h2-10,17H,1H3,(H,23,26)(H3,21,22,27). The monoisotopic (exact) mass is 373 g/mol. The third-order valence-corrected chi connectivity index (χ3v) is 3.95. The normalized spacial score (nSPS) is 12.1. The lowest BCUT2D eigenvalue weighted by Crippen LogP contribution is -2.44. The molecule has 1 unspecified atom stereocenters. The van der Waals surface area contributed by atoms with E-state index in [1.807, 2.05) is 0 Å². The van der Waals surface area contributed by atoms with E-state index in [9.17, 15) is 18.4 Å². The van der Waals surface area contributed by atoms with Gasteiger partial charge in [0, 0.05) is 11.3 Å². The van der Waals surface area contributed by atoms with Crippen LogP contribution in [0.5, 0.6) is 0 Å². The van der Waals surface area contributed by atoms with Crippen molar-refractivity contribution >= 4 is 28.7 Å². The summed E-state index contributed by atoms with van der Waals surface area (Å²) in [6.07, 6.45) is 0. The second-order valence-corrected chi connectivity index (χ2v) is 5.87. The summed E-state index contributed by atoms with van der Waals surface area (Å²) in [7, 11) is 0. The minimum Gasteiger partial charge on any atom is -0.352 e. The minimum atomic E-state index is -2.74. The van der Waals surface area contributed by atoms with Crippen LogP contribution in [0.4, 0.5) is 19.3 Å². The maximum Gasteiger partial charge on any atom is 0.320 e. The zero-order valence-electron chi connectivity index (χ0n) is 14.3. The number of anilines is 1. The van der Waals surface area contributed by atoms with Gasteiger partial charge in [0.05, 0.1) is 11.0 Å². The number of hydrogen-bond donors (Lipinski definition) is 3. The zero-order valence-corrected chi connectivity index (χ0v) is 14.3. The number of amides is 3. The van der Waals surface area contributed by atoms with Crippen LogP contribution >= 0.6 is 0 Å².